The molecular formula is C14H20O2. The minimum absolute atomic E-state index is 0.202. The van der Waals surface area contributed by atoms with Crippen LogP contribution in [-0.4, -0.2) is 12.9 Å². The number of ether oxygens (including phenoxy) is 1. The van der Waals surface area contributed by atoms with E-state index in [0.717, 1.165) is 23.3 Å². The summed E-state index contributed by atoms with van der Waals surface area (Å²) in [4.78, 5) is 11.9. The van der Waals surface area contributed by atoms with Gasteiger partial charge in [0.15, 0.2) is 5.78 Å². The number of benzene rings is 1. The number of carbonyl (C=O) groups excluding carboxylic acids is 1. The number of methoxy groups -OCH3 is 1. The molecule has 2 heteroatoms. The fourth-order valence-electron chi connectivity index (χ4n) is 1.57. The standard InChI is InChI=1S/C14H20O2/c1-5-10(2)8-13(15)12-7-6-11(3)14(9-12)16-4/h6-7,9-10H,5,8H2,1-4H3. The zero-order valence-corrected chi connectivity index (χ0v) is 10.5. The van der Waals surface area contributed by atoms with E-state index in [4.69, 9.17) is 4.74 Å². The molecule has 0 bridgehead atoms. The average Bonchev–Trinajstić information content (AvgIpc) is 2.29. The molecule has 88 valence electrons. The van der Waals surface area contributed by atoms with Crippen molar-refractivity contribution < 1.29 is 9.53 Å². The minimum Gasteiger partial charge on any atom is -0.496 e. The molecule has 0 heterocycles. The molecule has 2 nitrogen and oxygen atoms in total. The van der Waals surface area contributed by atoms with Crippen molar-refractivity contribution in [2.75, 3.05) is 7.11 Å². The van der Waals surface area contributed by atoms with Crippen LogP contribution in [0.25, 0.3) is 0 Å². The van der Waals surface area contributed by atoms with E-state index >= 15 is 0 Å². The van der Waals surface area contributed by atoms with Crippen molar-refractivity contribution in [3.63, 3.8) is 0 Å². The third-order valence-electron chi connectivity index (χ3n) is 2.96. The lowest BCUT2D eigenvalue weighted by molar-refractivity contribution is 0.0963. The first kappa shape index (κ1) is 12.8. The van der Waals surface area contributed by atoms with Gasteiger partial charge in [-0.1, -0.05) is 32.4 Å². The summed E-state index contributed by atoms with van der Waals surface area (Å²) in [6.45, 7) is 6.18. The number of ketones is 1. The van der Waals surface area contributed by atoms with Gasteiger partial charge in [0.2, 0.25) is 0 Å². The number of aryl methyl sites for hydroxylation is 1. The van der Waals surface area contributed by atoms with Gasteiger partial charge in [-0.15, -0.1) is 0 Å². The summed E-state index contributed by atoms with van der Waals surface area (Å²) in [5.41, 5.74) is 1.81. The fraction of sp³-hybridized carbons (Fsp3) is 0.500. The van der Waals surface area contributed by atoms with Crippen LogP contribution in [0.2, 0.25) is 0 Å². The Morgan fingerprint density at radius 3 is 2.69 bits per heavy atom. The molecule has 0 aliphatic carbocycles. The zero-order valence-electron chi connectivity index (χ0n) is 10.5. The maximum atomic E-state index is 11.9. The first-order valence-corrected chi connectivity index (χ1v) is 5.76. The third-order valence-corrected chi connectivity index (χ3v) is 2.96. The van der Waals surface area contributed by atoms with Crippen LogP contribution in [0.3, 0.4) is 0 Å². The molecule has 1 aromatic carbocycles. The predicted octanol–water partition coefficient (Wildman–Crippen LogP) is 3.62. The minimum atomic E-state index is 0.202. The molecule has 0 aliphatic rings. The molecule has 1 unspecified atom stereocenters. The second kappa shape index (κ2) is 5.69. The monoisotopic (exact) mass is 220 g/mol. The number of carbonyl (C=O) groups is 1. The maximum Gasteiger partial charge on any atom is 0.163 e. The highest BCUT2D eigenvalue weighted by molar-refractivity contribution is 5.96. The molecule has 1 atom stereocenters. The van der Waals surface area contributed by atoms with Gasteiger partial charge >= 0.3 is 0 Å². The summed E-state index contributed by atoms with van der Waals surface area (Å²) in [6, 6.07) is 5.64. The van der Waals surface area contributed by atoms with E-state index in [9.17, 15) is 4.79 Å². The molecule has 0 aromatic heterocycles. The van der Waals surface area contributed by atoms with Crippen LogP contribution < -0.4 is 4.74 Å². The van der Waals surface area contributed by atoms with Crippen molar-refractivity contribution in [2.45, 2.75) is 33.6 Å². The second-order valence-electron chi connectivity index (χ2n) is 4.33. The van der Waals surface area contributed by atoms with Gasteiger partial charge in [0, 0.05) is 12.0 Å². The smallest absolute Gasteiger partial charge is 0.163 e. The Balaban J connectivity index is 2.84. The Kier molecular flexibility index (Phi) is 4.53. The largest absolute Gasteiger partial charge is 0.496 e. The molecule has 0 fully saturated rings. The molecule has 16 heavy (non-hydrogen) atoms. The normalized spacial score (nSPS) is 12.2. The van der Waals surface area contributed by atoms with Crippen LogP contribution in [0.15, 0.2) is 18.2 Å². The topological polar surface area (TPSA) is 26.3 Å². The van der Waals surface area contributed by atoms with Gasteiger partial charge in [0.25, 0.3) is 0 Å². The zero-order chi connectivity index (χ0) is 12.1. The molecular weight excluding hydrogens is 200 g/mol. The third kappa shape index (κ3) is 3.09. The van der Waals surface area contributed by atoms with Gasteiger partial charge in [0.05, 0.1) is 7.11 Å². The first-order chi connectivity index (χ1) is 7.58. The van der Waals surface area contributed by atoms with Gasteiger partial charge in [0.1, 0.15) is 5.75 Å². The highest BCUT2D eigenvalue weighted by Crippen LogP contribution is 2.21. The number of rotatable bonds is 5. The lowest BCUT2D eigenvalue weighted by Gasteiger charge is -2.09. The first-order valence-electron chi connectivity index (χ1n) is 5.76. The molecule has 0 spiro atoms. The second-order valence-corrected chi connectivity index (χ2v) is 4.33. The van der Waals surface area contributed by atoms with E-state index in [2.05, 4.69) is 13.8 Å². The molecule has 1 rings (SSSR count). The van der Waals surface area contributed by atoms with E-state index in [-0.39, 0.29) is 5.78 Å². The van der Waals surface area contributed by atoms with Crippen LogP contribution in [-0.2, 0) is 0 Å². The molecule has 0 saturated carbocycles. The summed E-state index contributed by atoms with van der Waals surface area (Å²) in [7, 11) is 1.63. The van der Waals surface area contributed by atoms with Gasteiger partial charge < -0.3 is 4.74 Å². The van der Waals surface area contributed by atoms with Gasteiger partial charge in [-0.3, -0.25) is 4.79 Å². The fourth-order valence-corrected chi connectivity index (χ4v) is 1.57. The van der Waals surface area contributed by atoms with Crippen molar-refractivity contribution >= 4 is 5.78 Å². The van der Waals surface area contributed by atoms with E-state index in [0.29, 0.717) is 12.3 Å². The summed E-state index contributed by atoms with van der Waals surface area (Å²) < 4.78 is 5.21. The molecule has 0 N–H and O–H groups in total. The number of hydrogen-bond donors (Lipinski definition) is 0. The van der Waals surface area contributed by atoms with Gasteiger partial charge in [-0.2, -0.15) is 0 Å². The van der Waals surface area contributed by atoms with Crippen molar-refractivity contribution in [1.82, 2.24) is 0 Å². The van der Waals surface area contributed by atoms with Gasteiger partial charge in [-0.05, 0) is 24.5 Å². The lowest BCUT2D eigenvalue weighted by Crippen LogP contribution is -2.05. The Hall–Kier alpha value is -1.31. The Morgan fingerprint density at radius 1 is 1.44 bits per heavy atom. The molecule has 1 aromatic rings. The van der Waals surface area contributed by atoms with Crippen molar-refractivity contribution in [3.05, 3.63) is 29.3 Å². The number of hydrogen-bond acceptors (Lipinski definition) is 2. The van der Waals surface area contributed by atoms with Gasteiger partial charge in [-0.25, -0.2) is 0 Å². The molecule has 0 saturated heterocycles. The van der Waals surface area contributed by atoms with E-state index in [1.165, 1.54) is 0 Å². The number of Topliss-reactive ketones (excluding diaryl/α,β-unsaturated/α-hetero) is 1. The highest BCUT2D eigenvalue weighted by atomic mass is 16.5. The van der Waals surface area contributed by atoms with Crippen LogP contribution in [0.4, 0.5) is 0 Å². The lowest BCUT2D eigenvalue weighted by atomic mass is 9.97. The van der Waals surface area contributed by atoms with Crippen LogP contribution >= 0.6 is 0 Å². The summed E-state index contributed by atoms with van der Waals surface area (Å²) in [6.07, 6.45) is 1.65. The predicted molar refractivity (Wildman–Crippen MR) is 66.1 cm³/mol. The summed E-state index contributed by atoms with van der Waals surface area (Å²) in [5.74, 6) is 1.43. The Labute approximate surface area is 97.6 Å². The Morgan fingerprint density at radius 2 is 2.12 bits per heavy atom. The van der Waals surface area contributed by atoms with E-state index in [1.807, 2.05) is 25.1 Å². The van der Waals surface area contributed by atoms with Crippen molar-refractivity contribution in [1.29, 1.82) is 0 Å². The van der Waals surface area contributed by atoms with E-state index < -0.39 is 0 Å². The Bertz CT molecular complexity index is 369. The van der Waals surface area contributed by atoms with E-state index in [1.54, 1.807) is 7.11 Å². The average molecular weight is 220 g/mol. The molecule has 0 radical (unpaired) electrons. The highest BCUT2D eigenvalue weighted by Gasteiger charge is 2.11. The summed E-state index contributed by atoms with van der Waals surface area (Å²) in [5, 5.41) is 0. The van der Waals surface area contributed by atoms with Crippen LogP contribution in [0, 0.1) is 12.8 Å². The summed E-state index contributed by atoms with van der Waals surface area (Å²) >= 11 is 0. The maximum absolute atomic E-state index is 11.9. The quantitative estimate of drug-likeness (QED) is 0.708. The molecule has 0 amide bonds. The SMILES string of the molecule is CCC(C)CC(=O)c1ccc(C)c(OC)c1. The van der Waals surface area contributed by atoms with Crippen LogP contribution in [0.1, 0.15) is 42.6 Å². The van der Waals surface area contributed by atoms with Crippen LogP contribution in [0.5, 0.6) is 5.75 Å². The molecule has 0 aliphatic heterocycles. The van der Waals surface area contributed by atoms with Crippen molar-refractivity contribution in [2.24, 2.45) is 5.92 Å². The van der Waals surface area contributed by atoms with Crippen molar-refractivity contribution in [3.8, 4) is 5.75 Å².